The number of hydrogen-bond acceptors (Lipinski definition) is 12. The number of fused-ring (bicyclic) bond motifs is 2. The highest BCUT2D eigenvalue weighted by Gasteiger charge is 2.49. The van der Waals surface area contributed by atoms with Gasteiger partial charge in [-0.3, -0.25) is 14.2 Å². The first-order valence-corrected chi connectivity index (χ1v) is 19.4. The van der Waals surface area contributed by atoms with Crippen LogP contribution in [0, 0.1) is 0 Å². The van der Waals surface area contributed by atoms with E-state index in [0.29, 0.717) is 73.9 Å². The van der Waals surface area contributed by atoms with E-state index in [1.165, 1.54) is 23.5 Å². The summed E-state index contributed by atoms with van der Waals surface area (Å²) < 4.78 is 44.6. The van der Waals surface area contributed by atoms with Crippen LogP contribution in [0.1, 0.15) is 72.1 Å². The molecule has 0 aliphatic heterocycles. The van der Waals surface area contributed by atoms with Gasteiger partial charge in [-0.1, -0.05) is 57.8 Å². The minimum Gasteiger partial charge on any atom is -0.338 e. The zero-order valence-corrected chi connectivity index (χ0v) is 33.5. The van der Waals surface area contributed by atoms with Gasteiger partial charge in [0, 0.05) is 36.0 Å². The van der Waals surface area contributed by atoms with Crippen LogP contribution < -0.4 is 11.1 Å². The molecule has 304 valence electrons. The minimum absolute atomic E-state index is 0.0126. The van der Waals surface area contributed by atoms with Crippen molar-refractivity contribution in [3.05, 3.63) is 139 Å². The van der Waals surface area contributed by atoms with Crippen LogP contribution in [0.2, 0.25) is 10.0 Å². The maximum atomic E-state index is 15.1. The van der Waals surface area contributed by atoms with Gasteiger partial charge in [0.25, 0.3) is 11.1 Å². The number of H-pyrrole nitrogens is 1. The van der Waals surface area contributed by atoms with Gasteiger partial charge in [0.15, 0.2) is 34.0 Å². The smallest absolute Gasteiger partial charge is 0.280 e. The number of imidazole rings is 2. The van der Waals surface area contributed by atoms with Crippen molar-refractivity contribution >= 4 is 57.1 Å². The topological polar surface area (TPSA) is 194 Å². The molecule has 0 spiro atoms. The van der Waals surface area contributed by atoms with Crippen molar-refractivity contribution in [3.8, 4) is 0 Å². The zero-order valence-electron chi connectivity index (χ0n) is 31.3. The maximum Gasteiger partial charge on any atom is 0.280 e. The summed E-state index contributed by atoms with van der Waals surface area (Å²) in [5.74, 6) is 1.66. The highest BCUT2D eigenvalue weighted by molar-refractivity contribution is 6.30. The van der Waals surface area contributed by atoms with Crippen LogP contribution in [-0.4, -0.2) is 58.9 Å². The molecule has 2 aliphatic rings. The molecule has 59 heavy (non-hydrogen) atoms. The highest BCUT2D eigenvalue weighted by atomic mass is 35.5. The van der Waals surface area contributed by atoms with E-state index in [1.54, 1.807) is 78.1 Å². The van der Waals surface area contributed by atoms with E-state index in [0.717, 1.165) is 0 Å². The van der Waals surface area contributed by atoms with Gasteiger partial charge in [0.1, 0.15) is 30.1 Å². The molecule has 2 saturated carbocycles. The molecular formula is C38H33Cl3F2N12O4. The number of halogens is 5. The summed E-state index contributed by atoms with van der Waals surface area (Å²) in [5.41, 5.74) is -0.119. The molecule has 0 bridgehead atoms. The molecule has 2 aliphatic carbocycles. The van der Waals surface area contributed by atoms with Crippen molar-refractivity contribution in [2.24, 2.45) is 14.1 Å². The van der Waals surface area contributed by atoms with Crippen LogP contribution in [0.3, 0.4) is 0 Å². The molecule has 6 aromatic heterocycles. The van der Waals surface area contributed by atoms with Crippen molar-refractivity contribution in [3.63, 3.8) is 0 Å². The van der Waals surface area contributed by atoms with E-state index in [2.05, 4.69) is 45.2 Å². The molecule has 6 heterocycles. The number of nitrogens with zero attached hydrogens (tertiary/aromatic N) is 11. The fraction of sp³-hybridized carbons (Fsp3) is 0.316. The van der Waals surface area contributed by atoms with Crippen LogP contribution in [0.25, 0.3) is 22.3 Å². The Morgan fingerprint density at radius 3 is 1.69 bits per heavy atom. The van der Waals surface area contributed by atoms with E-state index < -0.39 is 11.3 Å². The summed E-state index contributed by atoms with van der Waals surface area (Å²) in [6, 6.07) is 13.6. The van der Waals surface area contributed by atoms with Crippen molar-refractivity contribution in [2.45, 2.75) is 61.3 Å². The first-order valence-electron chi connectivity index (χ1n) is 18.1. The Morgan fingerprint density at radius 2 is 1.19 bits per heavy atom. The number of aromatic nitrogens is 12. The van der Waals surface area contributed by atoms with Gasteiger partial charge in [0.2, 0.25) is 11.8 Å². The largest absolute Gasteiger partial charge is 0.338 e. The van der Waals surface area contributed by atoms with E-state index in [4.69, 9.17) is 43.8 Å². The summed E-state index contributed by atoms with van der Waals surface area (Å²) in [4.78, 5) is 50.7. The van der Waals surface area contributed by atoms with Gasteiger partial charge in [-0.15, -0.1) is 11.6 Å². The molecule has 2 aromatic carbocycles. The summed E-state index contributed by atoms with van der Waals surface area (Å²) in [6.07, 6.45) is 7.11. The standard InChI is InChI=1S/C19H16ClFN6O2.C13H11Cl2FN2O.C6H6N4O/c1-26-9-22-17-15(26)18(28)27(10-23-17)8-14-24-16(25-29-14)11-6-19(21,7-11)12-2-4-13(20)5-3-12;14-7-11-17-12(18-19-11)8-5-13(16,6-8)9-1-3-10(15)4-2-9;1-10-3-9-5-4(10)6(11)8-2-7-5/h2-5,9-11H,6-8H2,1H3;1-4,8H,5-7H2;2-3H,1H3,(H,7,8,11). The summed E-state index contributed by atoms with van der Waals surface area (Å²) in [5, 5.41) is 8.98. The quantitative estimate of drug-likeness (QED) is 0.165. The second kappa shape index (κ2) is 16.1. The molecule has 8 aromatic rings. The average Bonchev–Trinajstić information content (AvgIpc) is 4.03. The second-order valence-electron chi connectivity index (χ2n) is 14.3. The van der Waals surface area contributed by atoms with Gasteiger partial charge in [-0.25, -0.2) is 28.7 Å². The van der Waals surface area contributed by atoms with Gasteiger partial charge in [-0.05, 0) is 61.1 Å². The minimum atomic E-state index is -1.42. The molecule has 0 atom stereocenters. The molecular weight excluding hydrogens is 833 g/mol. The molecule has 10 rings (SSSR count). The molecule has 1 N–H and O–H groups in total. The lowest BCUT2D eigenvalue weighted by Gasteiger charge is -2.40. The molecule has 0 radical (unpaired) electrons. The van der Waals surface area contributed by atoms with E-state index in [-0.39, 0.29) is 54.1 Å². The maximum absolute atomic E-state index is 15.1. The number of aromatic amines is 1. The molecule has 16 nitrogen and oxygen atoms in total. The predicted molar refractivity (Wildman–Crippen MR) is 212 cm³/mol. The molecule has 21 heteroatoms. The van der Waals surface area contributed by atoms with Crippen molar-refractivity contribution in [1.82, 2.24) is 58.9 Å². The third kappa shape index (κ3) is 8.11. The Bertz CT molecular complexity index is 2860. The van der Waals surface area contributed by atoms with Crippen LogP contribution >= 0.6 is 34.8 Å². The van der Waals surface area contributed by atoms with E-state index >= 15 is 4.39 Å². The summed E-state index contributed by atoms with van der Waals surface area (Å²) in [6.45, 7) is 0.0879. The van der Waals surface area contributed by atoms with Gasteiger partial charge < -0.3 is 23.2 Å². The molecule has 0 saturated heterocycles. The first-order chi connectivity index (χ1) is 28.3. The summed E-state index contributed by atoms with van der Waals surface area (Å²) in [7, 11) is 3.49. The lowest BCUT2D eigenvalue weighted by Crippen LogP contribution is -2.36. The Hall–Kier alpha value is -5.85. The Balaban J connectivity index is 0.000000137. The number of aryl methyl sites for hydroxylation is 2. The lowest BCUT2D eigenvalue weighted by molar-refractivity contribution is 0.0333. The third-order valence-electron chi connectivity index (χ3n) is 10.3. The predicted octanol–water partition coefficient (Wildman–Crippen LogP) is 6.82. The van der Waals surface area contributed by atoms with Crippen LogP contribution in [-0.2, 0) is 37.9 Å². The van der Waals surface area contributed by atoms with Gasteiger partial charge >= 0.3 is 0 Å². The third-order valence-corrected chi connectivity index (χ3v) is 11.1. The average molecular weight is 866 g/mol. The van der Waals surface area contributed by atoms with Crippen molar-refractivity contribution in [2.75, 3.05) is 0 Å². The monoisotopic (exact) mass is 864 g/mol. The SMILES string of the molecule is Cn1cnc2nc[nH]c(=O)c21.Cn1cnc2ncn(Cc3nc(C4CC(F)(c5ccc(Cl)cc5)C4)no3)c(=O)c21.FC1(c2ccc(Cl)cc2)CC(c2noc(CCl)n2)C1. The second-order valence-corrected chi connectivity index (χ2v) is 15.5. The van der Waals surface area contributed by atoms with Gasteiger partial charge in [-0.2, -0.15) is 9.97 Å². The number of alkyl halides is 3. The molecule has 0 amide bonds. The normalized spacial score (nSPS) is 20.9. The first kappa shape index (κ1) is 40.0. The molecule has 2 fully saturated rings. The fourth-order valence-corrected chi connectivity index (χ4v) is 7.45. The number of benzene rings is 2. The molecule has 0 unspecified atom stereocenters. The lowest BCUT2D eigenvalue weighted by atomic mass is 9.68. The Morgan fingerprint density at radius 1 is 0.712 bits per heavy atom. The zero-order chi connectivity index (χ0) is 41.5. The van der Waals surface area contributed by atoms with Crippen molar-refractivity contribution < 1.29 is 17.8 Å². The fourth-order valence-electron chi connectivity index (χ4n) is 7.09. The number of rotatable bonds is 7. The number of hydrogen-bond donors (Lipinski definition) is 1. The Kier molecular flexibility index (Phi) is 10.9. The van der Waals surface area contributed by atoms with Gasteiger partial charge in [0.05, 0.1) is 19.0 Å². The van der Waals surface area contributed by atoms with Crippen LogP contribution in [0.15, 0.2) is 92.5 Å². The Labute approximate surface area is 347 Å². The van der Waals surface area contributed by atoms with E-state index in [9.17, 15) is 14.0 Å². The van der Waals surface area contributed by atoms with Crippen LogP contribution in [0.4, 0.5) is 8.78 Å². The van der Waals surface area contributed by atoms with Crippen LogP contribution in [0.5, 0.6) is 0 Å². The highest BCUT2D eigenvalue weighted by Crippen LogP contribution is 2.54. The van der Waals surface area contributed by atoms with E-state index in [1.807, 2.05) is 0 Å². The van der Waals surface area contributed by atoms with Crippen molar-refractivity contribution in [1.29, 1.82) is 0 Å². The number of nitrogens with one attached hydrogen (secondary N) is 1. The summed E-state index contributed by atoms with van der Waals surface area (Å²) >= 11 is 17.3.